The lowest BCUT2D eigenvalue weighted by Gasteiger charge is -2.37. The minimum atomic E-state index is -4.99. The summed E-state index contributed by atoms with van der Waals surface area (Å²) in [5, 5.41) is 7.85. The molecule has 1 atom stereocenters. The standard InChI is InChI=1S/C24H25F6N3O5S/c25-23(26,27)16-12-17(24(28,29)30)14-18(13-16)31-7-9-32(10-8-31)39(37,38)19-1-2-20-15(11-19)5-6-33(20)21(34)3-4-22(35)36/h2,11-14,19H,1,3-10H2,(H,35,36). The average molecular weight is 582 g/mol. The zero-order valence-electron chi connectivity index (χ0n) is 20.4. The van der Waals surface area contributed by atoms with Crippen LogP contribution in [0.3, 0.4) is 0 Å². The summed E-state index contributed by atoms with van der Waals surface area (Å²) in [7, 11) is -3.91. The van der Waals surface area contributed by atoms with Crippen LogP contribution in [0.15, 0.2) is 41.6 Å². The van der Waals surface area contributed by atoms with Gasteiger partial charge in [-0.2, -0.15) is 30.6 Å². The number of amides is 1. The lowest BCUT2D eigenvalue weighted by Crippen LogP contribution is -2.51. The van der Waals surface area contributed by atoms with E-state index in [1.54, 1.807) is 12.2 Å². The molecule has 2 heterocycles. The van der Waals surface area contributed by atoms with E-state index in [1.165, 1.54) is 14.1 Å². The maximum Gasteiger partial charge on any atom is 0.416 e. The van der Waals surface area contributed by atoms with Crippen LogP contribution < -0.4 is 4.90 Å². The van der Waals surface area contributed by atoms with Crippen molar-refractivity contribution in [2.24, 2.45) is 0 Å². The molecule has 214 valence electrons. The molecule has 0 radical (unpaired) electrons. The van der Waals surface area contributed by atoms with E-state index in [2.05, 4.69) is 0 Å². The Labute approximate surface area is 220 Å². The molecular formula is C24H25F6N3O5S. The third-order valence-corrected chi connectivity index (χ3v) is 9.11. The van der Waals surface area contributed by atoms with Crippen LogP contribution in [0.25, 0.3) is 0 Å². The number of carbonyl (C=O) groups is 2. The van der Waals surface area contributed by atoms with Gasteiger partial charge in [0.25, 0.3) is 0 Å². The van der Waals surface area contributed by atoms with Crippen molar-refractivity contribution in [3.05, 3.63) is 52.7 Å². The molecule has 0 bridgehead atoms. The summed E-state index contributed by atoms with van der Waals surface area (Å²) in [6.07, 6.45) is -6.82. The highest BCUT2D eigenvalue weighted by atomic mass is 32.2. The van der Waals surface area contributed by atoms with Crippen molar-refractivity contribution in [1.29, 1.82) is 0 Å². The number of carboxylic acid groups (broad SMARTS) is 1. The molecule has 0 spiro atoms. The number of allylic oxidation sites excluding steroid dienone is 2. The number of likely N-dealkylation sites (tertiary alicyclic amines) is 1. The Morgan fingerprint density at radius 1 is 0.897 bits per heavy atom. The number of carboxylic acids is 1. The number of anilines is 1. The quantitative estimate of drug-likeness (QED) is 0.513. The van der Waals surface area contributed by atoms with E-state index in [0.717, 1.165) is 0 Å². The third kappa shape index (κ3) is 6.24. The van der Waals surface area contributed by atoms with Gasteiger partial charge in [0.05, 0.1) is 22.8 Å². The first-order valence-electron chi connectivity index (χ1n) is 12.0. The van der Waals surface area contributed by atoms with Crippen molar-refractivity contribution in [3.63, 3.8) is 0 Å². The molecule has 1 aromatic carbocycles. The molecule has 0 saturated carbocycles. The van der Waals surface area contributed by atoms with Crippen molar-refractivity contribution >= 4 is 27.6 Å². The lowest BCUT2D eigenvalue weighted by molar-refractivity contribution is -0.143. The second-order valence-electron chi connectivity index (χ2n) is 9.44. The molecule has 3 aliphatic rings. The molecule has 2 saturated heterocycles. The van der Waals surface area contributed by atoms with Crippen LogP contribution in [0.4, 0.5) is 32.0 Å². The van der Waals surface area contributed by atoms with Crippen molar-refractivity contribution in [2.75, 3.05) is 37.6 Å². The maximum absolute atomic E-state index is 13.3. The lowest BCUT2D eigenvalue weighted by atomic mass is 10.0. The van der Waals surface area contributed by atoms with Gasteiger partial charge in [0, 0.05) is 50.5 Å². The largest absolute Gasteiger partial charge is 0.481 e. The molecule has 2 aliphatic heterocycles. The molecule has 2 fully saturated rings. The third-order valence-electron chi connectivity index (χ3n) is 6.93. The first kappa shape index (κ1) is 28.9. The second-order valence-corrected chi connectivity index (χ2v) is 11.6. The van der Waals surface area contributed by atoms with Gasteiger partial charge in [0.1, 0.15) is 0 Å². The van der Waals surface area contributed by atoms with Crippen molar-refractivity contribution < 1.29 is 49.5 Å². The Morgan fingerprint density at radius 2 is 1.49 bits per heavy atom. The number of hydrogen-bond acceptors (Lipinski definition) is 5. The fraction of sp³-hybridized carbons (Fsp3) is 0.500. The summed E-state index contributed by atoms with van der Waals surface area (Å²) in [6.45, 7) is -0.160. The SMILES string of the molecule is O=C(O)CCC(=O)N1CCC2=CC(S(=O)(=O)N3CCN(c4cc(C(F)(F)F)cc(C(F)(F)F)c4)CC3)CC=C21. The molecule has 8 nitrogen and oxygen atoms in total. The summed E-state index contributed by atoms with van der Waals surface area (Å²) in [6, 6.07) is 1.30. The van der Waals surface area contributed by atoms with Crippen LogP contribution in [-0.2, 0) is 32.0 Å². The molecule has 1 amide bonds. The number of rotatable bonds is 6. The van der Waals surface area contributed by atoms with E-state index in [0.29, 0.717) is 36.4 Å². The summed E-state index contributed by atoms with van der Waals surface area (Å²) in [5.74, 6) is -1.47. The first-order chi connectivity index (χ1) is 18.1. The number of aliphatic carboxylic acids is 1. The van der Waals surface area contributed by atoms with E-state index in [-0.39, 0.29) is 63.1 Å². The predicted molar refractivity (Wildman–Crippen MR) is 127 cm³/mol. The summed E-state index contributed by atoms with van der Waals surface area (Å²) >= 11 is 0. The molecule has 1 unspecified atom stereocenters. The molecule has 0 aromatic heterocycles. The number of sulfonamides is 1. The van der Waals surface area contributed by atoms with Crippen LogP contribution in [0.5, 0.6) is 0 Å². The second kappa shape index (κ2) is 10.5. The number of alkyl halides is 6. The summed E-state index contributed by atoms with van der Waals surface area (Å²) in [5.41, 5.74) is -1.95. The number of hydrogen-bond donors (Lipinski definition) is 1. The molecule has 39 heavy (non-hydrogen) atoms. The highest BCUT2D eigenvalue weighted by molar-refractivity contribution is 7.89. The van der Waals surface area contributed by atoms with Crippen molar-refractivity contribution in [3.8, 4) is 0 Å². The Morgan fingerprint density at radius 3 is 2.03 bits per heavy atom. The van der Waals surface area contributed by atoms with Crippen molar-refractivity contribution in [2.45, 2.75) is 43.3 Å². The number of benzene rings is 1. The fourth-order valence-electron chi connectivity index (χ4n) is 4.91. The number of piperazine rings is 1. The topological polar surface area (TPSA) is 98.2 Å². The Hall–Kier alpha value is -3.07. The summed E-state index contributed by atoms with van der Waals surface area (Å²) in [4.78, 5) is 25.9. The van der Waals surface area contributed by atoms with Gasteiger partial charge in [-0.25, -0.2) is 8.42 Å². The van der Waals surface area contributed by atoms with E-state index in [1.807, 2.05) is 0 Å². The first-order valence-corrected chi connectivity index (χ1v) is 13.5. The maximum atomic E-state index is 13.3. The molecule has 1 N–H and O–H groups in total. The van der Waals surface area contributed by atoms with Gasteiger partial charge in [0.2, 0.25) is 15.9 Å². The zero-order valence-corrected chi connectivity index (χ0v) is 21.2. The Balaban J connectivity index is 1.44. The van der Waals surface area contributed by atoms with Gasteiger partial charge in [-0.05, 0) is 36.6 Å². The minimum Gasteiger partial charge on any atom is -0.481 e. The molecule has 15 heteroatoms. The number of halogens is 6. The van der Waals surface area contributed by atoms with E-state index in [9.17, 15) is 44.3 Å². The average Bonchev–Trinajstić information content (AvgIpc) is 3.29. The number of carbonyl (C=O) groups excluding carboxylic acids is 1. The molecular weight excluding hydrogens is 556 g/mol. The smallest absolute Gasteiger partial charge is 0.416 e. The van der Waals surface area contributed by atoms with Gasteiger partial charge >= 0.3 is 18.3 Å². The minimum absolute atomic E-state index is 0.0481. The van der Waals surface area contributed by atoms with E-state index in [4.69, 9.17) is 5.11 Å². The van der Waals surface area contributed by atoms with Crippen LogP contribution in [0.2, 0.25) is 0 Å². The molecule has 1 aromatic rings. The van der Waals surface area contributed by atoms with E-state index < -0.39 is 44.7 Å². The van der Waals surface area contributed by atoms with Crippen LogP contribution in [0.1, 0.15) is 36.8 Å². The van der Waals surface area contributed by atoms with Crippen LogP contribution in [0, 0.1) is 0 Å². The van der Waals surface area contributed by atoms with Crippen molar-refractivity contribution in [1.82, 2.24) is 9.21 Å². The predicted octanol–water partition coefficient (Wildman–Crippen LogP) is 3.86. The fourth-order valence-corrected chi connectivity index (χ4v) is 6.64. The normalized spacial score (nSPS) is 20.9. The number of fused-ring (bicyclic) bond motifs is 1. The number of nitrogens with zero attached hydrogens (tertiary/aromatic N) is 3. The molecule has 1 aliphatic carbocycles. The van der Waals surface area contributed by atoms with Gasteiger partial charge in [0.15, 0.2) is 0 Å². The van der Waals surface area contributed by atoms with Gasteiger partial charge in [-0.1, -0.05) is 12.2 Å². The monoisotopic (exact) mass is 581 g/mol. The Kier molecular flexibility index (Phi) is 7.78. The zero-order chi connectivity index (χ0) is 28.8. The van der Waals surface area contributed by atoms with Crippen LogP contribution >= 0.6 is 0 Å². The van der Waals surface area contributed by atoms with Gasteiger partial charge in [-0.15, -0.1) is 0 Å². The Bertz CT molecular complexity index is 1280. The summed E-state index contributed by atoms with van der Waals surface area (Å²) < 4.78 is 107. The highest BCUT2D eigenvalue weighted by Gasteiger charge is 2.40. The van der Waals surface area contributed by atoms with Crippen LogP contribution in [-0.4, -0.2) is 72.6 Å². The van der Waals surface area contributed by atoms with Gasteiger partial charge in [-0.3, -0.25) is 9.59 Å². The highest BCUT2D eigenvalue weighted by Crippen LogP contribution is 2.39. The van der Waals surface area contributed by atoms with Gasteiger partial charge < -0.3 is 14.9 Å². The van der Waals surface area contributed by atoms with E-state index >= 15 is 0 Å². The molecule has 4 rings (SSSR count).